The van der Waals surface area contributed by atoms with Crippen LogP contribution in [0.15, 0.2) is 24.3 Å². The van der Waals surface area contributed by atoms with Crippen LogP contribution in [0.25, 0.3) is 0 Å². The molecule has 1 aromatic heterocycles. The van der Waals surface area contributed by atoms with E-state index in [2.05, 4.69) is 15.3 Å². The summed E-state index contributed by atoms with van der Waals surface area (Å²) in [4.78, 5) is 8.69. The van der Waals surface area contributed by atoms with Crippen LogP contribution in [0, 0.1) is 12.7 Å². The fraction of sp³-hybridized carbons (Fsp3) is 0.375. The molecule has 1 aliphatic heterocycles. The number of hydrogen-bond acceptors (Lipinski definition) is 4. The molecule has 0 amide bonds. The highest BCUT2D eigenvalue weighted by molar-refractivity contribution is 5.45. The third-order valence-electron chi connectivity index (χ3n) is 3.59. The quantitative estimate of drug-likeness (QED) is 0.937. The number of nitrogens with zero attached hydrogens (tertiary/aromatic N) is 2. The number of para-hydroxylation sites is 1. The molecule has 0 saturated carbocycles. The number of aromatic nitrogens is 2. The predicted octanol–water partition coefficient (Wildman–Crippen LogP) is 3.27. The first-order valence-electron chi connectivity index (χ1n) is 7.20. The standard InChI is InChI=1S/C16H18FN3O/c1-3-8-18-16-14(17)10(2)19-15(20-16)12-9-21-13-7-5-4-6-11(12)13/h4-7,12H,3,8-9H2,1-2H3,(H,18,19,20). The molecule has 1 aromatic carbocycles. The fourth-order valence-electron chi connectivity index (χ4n) is 2.47. The minimum absolute atomic E-state index is 0.0392. The summed E-state index contributed by atoms with van der Waals surface area (Å²) in [6.07, 6.45) is 0.910. The molecule has 1 aliphatic rings. The Bertz CT molecular complexity index is 660. The van der Waals surface area contributed by atoms with Gasteiger partial charge in [-0.1, -0.05) is 25.1 Å². The fourth-order valence-corrected chi connectivity index (χ4v) is 2.47. The summed E-state index contributed by atoms with van der Waals surface area (Å²) >= 11 is 0. The first-order valence-corrected chi connectivity index (χ1v) is 7.20. The summed E-state index contributed by atoms with van der Waals surface area (Å²) in [5, 5.41) is 3.02. The van der Waals surface area contributed by atoms with Crippen LogP contribution in [0.2, 0.25) is 0 Å². The van der Waals surface area contributed by atoms with E-state index in [0.29, 0.717) is 24.7 Å². The molecule has 5 heteroatoms. The van der Waals surface area contributed by atoms with Crippen LogP contribution < -0.4 is 10.1 Å². The van der Waals surface area contributed by atoms with Gasteiger partial charge in [-0.2, -0.15) is 0 Å². The van der Waals surface area contributed by atoms with Crippen molar-refractivity contribution in [2.45, 2.75) is 26.2 Å². The molecule has 0 spiro atoms. The van der Waals surface area contributed by atoms with Crippen LogP contribution in [0.4, 0.5) is 10.2 Å². The molecular weight excluding hydrogens is 269 g/mol. The number of benzene rings is 1. The summed E-state index contributed by atoms with van der Waals surface area (Å²) < 4.78 is 19.7. The van der Waals surface area contributed by atoms with Gasteiger partial charge in [-0.05, 0) is 19.4 Å². The number of hydrogen-bond donors (Lipinski definition) is 1. The SMILES string of the molecule is CCCNc1nc(C2COc3ccccc32)nc(C)c1F. The lowest BCUT2D eigenvalue weighted by molar-refractivity contribution is 0.339. The van der Waals surface area contributed by atoms with Crippen LogP contribution in [0.3, 0.4) is 0 Å². The second-order valence-corrected chi connectivity index (χ2v) is 5.16. The van der Waals surface area contributed by atoms with Crippen molar-refractivity contribution in [1.29, 1.82) is 0 Å². The molecule has 0 radical (unpaired) electrons. The predicted molar refractivity (Wildman–Crippen MR) is 79.3 cm³/mol. The van der Waals surface area contributed by atoms with Gasteiger partial charge in [0.2, 0.25) is 0 Å². The van der Waals surface area contributed by atoms with Gasteiger partial charge >= 0.3 is 0 Å². The number of ether oxygens (including phenoxy) is 1. The molecule has 0 aliphatic carbocycles. The van der Waals surface area contributed by atoms with E-state index in [9.17, 15) is 4.39 Å². The average Bonchev–Trinajstić information content (AvgIpc) is 2.92. The number of aryl methyl sites for hydroxylation is 1. The Morgan fingerprint density at radius 3 is 2.95 bits per heavy atom. The van der Waals surface area contributed by atoms with Crippen molar-refractivity contribution in [3.05, 3.63) is 47.2 Å². The van der Waals surface area contributed by atoms with Crippen molar-refractivity contribution < 1.29 is 9.13 Å². The third-order valence-corrected chi connectivity index (χ3v) is 3.59. The molecule has 110 valence electrons. The molecule has 0 fully saturated rings. The van der Waals surface area contributed by atoms with Gasteiger partial charge in [0.05, 0.1) is 11.6 Å². The largest absolute Gasteiger partial charge is 0.492 e. The van der Waals surface area contributed by atoms with Gasteiger partial charge in [-0.3, -0.25) is 0 Å². The van der Waals surface area contributed by atoms with Crippen LogP contribution >= 0.6 is 0 Å². The maximum Gasteiger partial charge on any atom is 0.186 e. The summed E-state index contributed by atoms with van der Waals surface area (Å²) in [6.45, 7) is 4.88. The zero-order valence-electron chi connectivity index (χ0n) is 12.2. The lowest BCUT2D eigenvalue weighted by Crippen LogP contribution is -2.14. The second-order valence-electron chi connectivity index (χ2n) is 5.16. The van der Waals surface area contributed by atoms with E-state index < -0.39 is 0 Å². The highest BCUT2D eigenvalue weighted by atomic mass is 19.1. The average molecular weight is 287 g/mol. The molecule has 2 heterocycles. The third kappa shape index (κ3) is 2.55. The van der Waals surface area contributed by atoms with Gasteiger partial charge in [-0.25, -0.2) is 14.4 Å². The minimum Gasteiger partial charge on any atom is -0.492 e. The molecular formula is C16H18FN3O. The van der Waals surface area contributed by atoms with E-state index in [1.807, 2.05) is 31.2 Å². The van der Waals surface area contributed by atoms with Gasteiger partial charge in [0, 0.05) is 12.1 Å². The Kier molecular flexibility index (Phi) is 3.73. The smallest absolute Gasteiger partial charge is 0.186 e. The van der Waals surface area contributed by atoms with Crippen molar-refractivity contribution in [3.8, 4) is 5.75 Å². The van der Waals surface area contributed by atoms with E-state index >= 15 is 0 Å². The van der Waals surface area contributed by atoms with Gasteiger partial charge in [-0.15, -0.1) is 0 Å². The van der Waals surface area contributed by atoms with E-state index in [1.165, 1.54) is 0 Å². The molecule has 0 bridgehead atoms. The molecule has 3 rings (SSSR count). The van der Waals surface area contributed by atoms with Crippen LogP contribution in [-0.4, -0.2) is 23.1 Å². The summed E-state index contributed by atoms with van der Waals surface area (Å²) in [5.41, 5.74) is 1.42. The number of anilines is 1. The van der Waals surface area contributed by atoms with Crippen molar-refractivity contribution in [1.82, 2.24) is 9.97 Å². The first-order chi connectivity index (χ1) is 10.2. The van der Waals surface area contributed by atoms with Crippen LogP contribution in [0.5, 0.6) is 5.75 Å². The van der Waals surface area contributed by atoms with E-state index in [-0.39, 0.29) is 17.6 Å². The van der Waals surface area contributed by atoms with Crippen LogP contribution in [-0.2, 0) is 0 Å². The number of fused-ring (bicyclic) bond motifs is 1. The lowest BCUT2D eigenvalue weighted by atomic mass is 10.0. The van der Waals surface area contributed by atoms with Gasteiger partial charge in [0.1, 0.15) is 18.2 Å². The summed E-state index contributed by atoms with van der Waals surface area (Å²) in [7, 11) is 0. The normalized spacial score (nSPS) is 16.4. The van der Waals surface area contributed by atoms with E-state index in [4.69, 9.17) is 4.74 Å². The van der Waals surface area contributed by atoms with Crippen LogP contribution in [0.1, 0.15) is 36.3 Å². The topological polar surface area (TPSA) is 47.0 Å². The highest BCUT2D eigenvalue weighted by Crippen LogP contribution is 2.37. The Labute approximate surface area is 123 Å². The number of nitrogens with one attached hydrogen (secondary N) is 1. The van der Waals surface area contributed by atoms with Gasteiger partial charge in [0.15, 0.2) is 11.6 Å². The molecule has 4 nitrogen and oxygen atoms in total. The monoisotopic (exact) mass is 287 g/mol. The Morgan fingerprint density at radius 1 is 1.33 bits per heavy atom. The number of rotatable bonds is 4. The lowest BCUT2D eigenvalue weighted by Gasteiger charge is -2.12. The van der Waals surface area contributed by atoms with E-state index in [1.54, 1.807) is 6.92 Å². The Morgan fingerprint density at radius 2 is 2.14 bits per heavy atom. The molecule has 1 atom stereocenters. The summed E-state index contributed by atoms with van der Waals surface area (Å²) in [6, 6.07) is 7.84. The van der Waals surface area contributed by atoms with E-state index in [0.717, 1.165) is 17.7 Å². The second kappa shape index (κ2) is 5.68. The Hall–Kier alpha value is -2.17. The van der Waals surface area contributed by atoms with Crippen molar-refractivity contribution in [3.63, 3.8) is 0 Å². The zero-order valence-corrected chi connectivity index (χ0v) is 12.2. The number of halogens is 1. The molecule has 0 saturated heterocycles. The molecule has 2 aromatic rings. The first kappa shape index (κ1) is 13.8. The minimum atomic E-state index is -0.376. The molecule has 1 unspecified atom stereocenters. The maximum atomic E-state index is 14.1. The molecule has 21 heavy (non-hydrogen) atoms. The van der Waals surface area contributed by atoms with Gasteiger partial charge < -0.3 is 10.1 Å². The maximum absolute atomic E-state index is 14.1. The van der Waals surface area contributed by atoms with Crippen molar-refractivity contribution in [2.24, 2.45) is 0 Å². The van der Waals surface area contributed by atoms with Crippen molar-refractivity contribution in [2.75, 3.05) is 18.5 Å². The van der Waals surface area contributed by atoms with Gasteiger partial charge in [0.25, 0.3) is 0 Å². The zero-order chi connectivity index (χ0) is 14.8. The highest BCUT2D eigenvalue weighted by Gasteiger charge is 2.28. The Balaban J connectivity index is 1.98. The molecule has 1 N–H and O–H groups in total. The summed E-state index contributed by atoms with van der Waals surface area (Å²) in [5.74, 6) is 1.33. The van der Waals surface area contributed by atoms with Crippen molar-refractivity contribution >= 4 is 5.82 Å².